The summed E-state index contributed by atoms with van der Waals surface area (Å²) in [5.74, 6) is 0. The van der Waals surface area contributed by atoms with Crippen molar-refractivity contribution in [1.29, 1.82) is 0 Å². The van der Waals surface area contributed by atoms with Gasteiger partial charge in [0, 0.05) is 12.4 Å². The Hall–Kier alpha value is -1.28. The van der Waals surface area contributed by atoms with E-state index in [1.165, 1.54) is 5.56 Å². The topological polar surface area (TPSA) is 12.9 Å². The van der Waals surface area contributed by atoms with Crippen LogP contribution in [0.5, 0.6) is 0 Å². The van der Waals surface area contributed by atoms with Gasteiger partial charge in [0.25, 0.3) is 0 Å². The van der Waals surface area contributed by atoms with Gasteiger partial charge in [0.2, 0.25) is 0 Å². The molecule has 2 heteroatoms. The van der Waals surface area contributed by atoms with Gasteiger partial charge in [-0.05, 0) is 17.2 Å². The lowest BCUT2D eigenvalue weighted by atomic mass is 10.1. The summed E-state index contributed by atoms with van der Waals surface area (Å²) in [6, 6.07) is 14.2. The molecular weight excluding hydrogens is 190 g/mol. The van der Waals surface area contributed by atoms with E-state index in [2.05, 4.69) is 29.7 Å². The summed E-state index contributed by atoms with van der Waals surface area (Å²) < 4.78 is 0. The molecule has 0 radical (unpaired) electrons. The molecule has 2 aromatic rings. The van der Waals surface area contributed by atoms with Crippen LogP contribution >= 0.6 is 12.6 Å². The van der Waals surface area contributed by atoms with Gasteiger partial charge in [0.05, 0.1) is 5.25 Å². The van der Waals surface area contributed by atoms with Crippen LogP contribution in [-0.2, 0) is 0 Å². The van der Waals surface area contributed by atoms with E-state index in [1.54, 1.807) is 6.20 Å². The predicted molar refractivity (Wildman–Crippen MR) is 61.5 cm³/mol. The van der Waals surface area contributed by atoms with Gasteiger partial charge in [0.1, 0.15) is 0 Å². The highest BCUT2D eigenvalue weighted by atomic mass is 32.1. The van der Waals surface area contributed by atoms with Crippen molar-refractivity contribution in [3.63, 3.8) is 0 Å². The number of hydrogen-bond donors (Lipinski definition) is 1. The van der Waals surface area contributed by atoms with E-state index >= 15 is 0 Å². The molecule has 0 fully saturated rings. The van der Waals surface area contributed by atoms with Crippen LogP contribution in [0.15, 0.2) is 54.9 Å². The molecule has 0 aliphatic heterocycles. The molecule has 0 aliphatic rings. The molecule has 1 nitrogen and oxygen atoms in total. The molecule has 1 atom stereocenters. The average molecular weight is 201 g/mol. The largest absolute Gasteiger partial charge is 0.264 e. The second kappa shape index (κ2) is 4.29. The summed E-state index contributed by atoms with van der Waals surface area (Å²) in [4.78, 5) is 4.08. The summed E-state index contributed by atoms with van der Waals surface area (Å²) in [6.07, 6.45) is 3.62. The molecule has 0 bridgehead atoms. The number of benzene rings is 1. The first-order chi connectivity index (χ1) is 6.88. The van der Waals surface area contributed by atoms with Gasteiger partial charge >= 0.3 is 0 Å². The van der Waals surface area contributed by atoms with E-state index in [4.69, 9.17) is 0 Å². The minimum Gasteiger partial charge on any atom is -0.264 e. The van der Waals surface area contributed by atoms with E-state index in [-0.39, 0.29) is 5.25 Å². The summed E-state index contributed by atoms with van der Waals surface area (Å²) >= 11 is 4.57. The molecule has 1 aromatic carbocycles. The van der Waals surface area contributed by atoms with Crippen molar-refractivity contribution in [2.75, 3.05) is 0 Å². The number of aromatic nitrogens is 1. The third-order valence-electron chi connectivity index (χ3n) is 2.12. The summed E-state index contributed by atoms with van der Waals surface area (Å²) in [5, 5.41) is 0.116. The van der Waals surface area contributed by atoms with Gasteiger partial charge < -0.3 is 0 Å². The fraction of sp³-hybridized carbons (Fsp3) is 0.0833. The van der Waals surface area contributed by atoms with Gasteiger partial charge in [0.15, 0.2) is 0 Å². The normalized spacial score (nSPS) is 12.4. The Morgan fingerprint density at radius 1 is 0.929 bits per heavy atom. The minimum absolute atomic E-state index is 0.116. The predicted octanol–water partition coefficient (Wildman–Crippen LogP) is 3.10. The van der Waals surface area contributed by atoms with Gasteiger partial charge in [-0.15, -0.1) is 0 Å². The number of rotatable bonds is 2. The first kappa shape index (κ1) is 9.28. The Balaban J connectivity index is 2.30. The molecule has 14 heavy (non-hydrogen) atoms. The molecule has 1 unspecified atom stereocenters. The number of thiol groups is 1. The molecule has 0 saturated heterocycles. The summed E-state index contributed by atoms with van der Waals surface area (Å²) in [6.45, 7) is 0. The molecule has 0 aliphatic carbocycles. The molecule has 0 N–H and O–H groups in total. The minimum atomic E-state index is 0.116. The number of nitrogens with zero attached hydrogens (tertiary/aromatic N) is 1. The van der Waals surface area contributed by atoms with Crippen LogP contribution in [0.2, 0.25) is 0 Å². The van der Waals surface area contributed by atoms with Gasteiger partial charge in [-0.1, -0.05) is 36.4 Å². The maximum Gasteiger partial charge on any atom is 0.0531 e. The number of hydrogen-bond acceptors (Lipinski definition) is 2. The Labute approximate surface area is 89.2 Å². The van der Waals surface area contributed by atoms with Crippen molar-refractivity contribution in [1.82, 2.24) is 4.98 Å². The molecule has 70 valence electrons. The molecule has 1 aromatic heterocycles. The Kier molecular flexibility index (Phi) is 2.84. The molecule has 0 amide bonds. The van der Waals surface area contributed by atoms with Crippen molar-refractivity contribution in [2.24, 2.45) is 0 Å². The highest BCUT2D eigenvalue weighted by molar-refractivity contribution is 7.80. The Morgan fingerprint density at radius 3 is 2.29 bits per heavy atom. The Bertz CT molecular complexity index is 346. The molecule has 2 rings (SSSR count). The van der Waals surface area contributed by atoms with Gasteiger partial charge in [-0.3, -0.25) is 4.98 Å². The van der Waals surface area contributed by atoms with Crippen molar-refractivity contribution in [3.05, 3.63) is 66.0 Å². The van der Waals surface area contributed by atoms with Crippen LogP contribution in [0.25, 0.3) is 0 Å². The SMILES string of the molecule is SC(c1ccccc1)c1cccnc1. The van der Waals surface area contributed by atoms with Crippen LogP contribution < -0.4 is 0 Å². The maximum absolute atomic E-state index is 4.57. The number of pyridine rings is 1. The second-order valence-electron chi connectivity index (χ2n) is 3.10. The van der Waals surface area contributed by atoms with Crippen LogP contribution in [-0.4, -0.2) is 4.98 Å². The van der Waals surface area contributed by atoms with Gasteiger partial charge in [-0.2, -0.15) is 12.6 Å². The monoisotopic (exact) mass is 201 g/mol. The molecule has 0 spiro atoms. The van der Waals surface area contributed by atoms with Crippen LogP contribution in [0.4, 0.5) is 0 Å². The van der Waals surface area contributed by atoms with Crippen molar-refractivity contribution >= 4 is 12.6 Å². The van der Waals surface area contributed by atoms with E-state index in [0.717, 1.165) is 5.56 Å². The van der Waals surface area contributed by atoms with Crippen molar-refractivity contribution in [3.8, 4) is 0 Å². The zero-order valence-electron chi connectivity index (χ0n) is 7.67. The summed E-state index contributed by atoms with van der Waals surface area (Å²) in [5.41, 5.74) is 2.32. The van der Waals surface area contributed by atoms with Crippen LogP contribution in [0, 0.1) is 0 Å². The maximum atomic E-state index is 4.57. The first-order valence-corrected chi connectivity index (χ1v) is 5.02. The Morgan fingerprint density at radius 2 is 1.64 bits per heavy atom. The lowest BCUT2D eigenvalue weighted by Crippen LogP contribution is -1.92. The zero-order chi connectivity index (χ0) is 9.80. The highest BCUT2D eigenvalue weighted by Gasteiger charge is 2.07. The average Bonchev–Trinajstić information content (AvgIpc) is 2.30. The summed E-state index contributed by atoms with van der Waals surface area (Å²) in [7, 11) is 0. The van der Waals surface area contributed by atoms with Crippen LogP contribution in [0.1, 0.15) is 16.4 Å². The molecule has 1 heterocycles. The lowest BCUT2D eigenvalue weighted by Gasteiger charge is -2.10. The van der Waals surface area contributed by atoms with E-state index < -0.39 is 0 Å². The third kappa shape index (κ3) is 1.96. The molecule has 0 saturated carbocycles. The van der Waals surface area contributed by atoms with Gasteiger partial charge in [-0.25, -0.2) is 0 Å². The quantitative estimate of drug-likeness (QED) is 0.737. The van der Waals surface area contributed by atoms with E-state index in [0.29, 0.717) is 0 Å². The molecular formula is C12H11NS. The standard InChI is InChI=1S/C12H11NS/c14-12(10-5-2-1-3-6-10)11-7-4-8-13-9-11/h1-9,12,14H. The second-order valence-corrected chi connectivity index (χ2v) is 3.62. The highest BCUT2D eigenvalue weighted by Crippen LogP contribution is 2.26. The van der Waals surface area contributed by atoms with Crippen molar-refractivity contribution < 1.29 is 0 Å². The first-order valence-electron chi connectivity index (χ1n) is 4.51. The smallest absolute Gasteiger partial charge is 0.0531 e. The van der Waals surface area contributed by atoms with Crippen molar-refractivity contribution in [2.45, 2.75) is 5.25 Å². The van der Waals surface area contributed by atoms with E-state index in [1.807, 2.05) is 36.5 Å². The van der Waals surface area contributed by atoms with Crippen LogP contribution in [0.3, 0.4) is 0 Å². The zero-order valence-corrected chi connectivity index (χ0v) is 8.56. The third-order valence-corrected chi connectivity index (χ3v) is 2.71. The fourth-order valence-corrected chi connectivity index (χ4v) is 1.69. The lowest BCUT2D eigenvalue weighted by molar-refractivity contribution is 1.13. The van der Waals surface area contributed by atoms with E-state index in [9.17, 15) is 0 Å². The fourth-order valence-electron chi connectivity index (χ4n) is 1.37.